The van der Waals surface area contributed by atoms with E-state index in [9.17, 15) is 9.59 Å². The maximum atomic E-state index is 11.0. The lowest BCUT2D eigenvalue weighted by atomic mass is 10.1. The fourth-order valence-electron chi connectivity index (χ4n) is 1.88. The average molecular weight is 247 g/mol. The van der Waals surface area contributed by atoms with E-state index in [1.807, 2.05) is 24.3 Å². The standard InChI is InChI=1S/C13H13NO4/c1-8(15)18-12(13(16)17)6-9-7-14-11-5-3-2-4-10(9)11/h2-5,7,12,14H,6H2,1H3,(H,16,17)/t12-/m0/s1. The van der Waals surface area contributed by atoms with E-state index in [4.69, 9.17) is 9.84 Å². The molecule has 2 N–H and O–H groups in total. The lowest BCUT2D eigenvalue weighted by Crippen LogP contribution is -2.28. The number of carboxylic acids is 1. The molecule has 0 aliphatic carbocycles. The maximum absolute atomic E-state index is 11.0. The highest BCUT2D eigenvalue weighted by atomic mass is 16.6. The predicted octanol–water partition coefficient (Wildman–Crippen LogP) is 1.73. The van der Waals surface area contributed by atoms with Gasteiger partial charge in [-0.3, -0.25) is 4.79 Å². The number of H-pyrrole nitrogens is 1. The van der Waals surface area contributed by atoms with Crippen molar-refractivity contribution in [2.45, 2.75) is 19.4 Å². The predicted molar refractivity (Wildman–Crippen MR) is 65.2 cm³/mol. The molecule has 0 bridgehead atoms. The van der Waals surface area contributed by atoms with Crippen LogP contribution in [-0.4, -0.2) is 28.1 Å². The molecule has 0 aliphatic heterocycles. The number of hydrogen-bond acceptors (Lipinski definition) is 3. The second kappa shape index (κ2) is 4.91. The molecule has 0 fully saturated rings. The van der Waals surface area contributed by atoms with Gasteiger partial charge in [-0.2, -0.15) is 0 Å². The Balaban J connectivity index is 2.26. The summed E-state index contributed by atoms with van der Waals surface area (Å²) >= 11 is 0. The molecule has 94 valence electrons. The molecule has 5 nitrogen and oxygen atoms in total. The zero-order valence-corrected chi connectivity index (χ0v) is 9.84. The molecule has 2 aromatic rings. The Morgan fingerprint density at radius 3 is 2.78 bits per heavy atom. The summed E-state index contributed by atoms with van der Waals surface area (Å²) in [7, 11) is 0. The van der Waals surface area contributed by atoms with Crippen LogP contribution in [0.25, 0.3) is 10.9 Å². The Kier molecular flexibility index (Phi) is 3.32. The molecule has 0 spiro atoms. The van der Waals surface area contributed by atoms with Gasteiger partial charge in [0.2, 0.25) is 6.10 Å². The van der Waals surface area contributed by atoms with Crippen LogP contribution in [-0.2, 0) is 20.7 Å². The number of ether oxygens (including phenoxy) is 1. The molecule has 18 heavy (non-hydrogen) atoms. The van der Waals surface area contributed by atoms with Crippen molar-refractivity contribution in [2.75, 3.05) is 0 Å². The van der Waals surface area contributed by atoms with Gasteiger partial charge in [0.05, 0.1) is 0 Å². The van der Waals surface area contributed by atoms with E-state index in [0.29, 0.717) is 0 Å². The van der Waals surface area contributed by atoms with Gasteiger partial charge in [-0.25, -0.2) is 4.79 Å². The molecule has 1 aromatic carbocycles. The third-order valence-corrected chi connectivity index (χ3v) is 2.66. The number of rotatable bonds is 4. The number of aromatic nitrogens is 1. The molecule has 0 amide bonds. The lowest BCUT2D eigenvalue weighted by molar-refractivity contribution is -0.162. The largest absolute Gasteiger partial charge is 0.478 e. The van der Waals surface area contributed by atoms with Crippen molar-refractivity contribution in [3.05, 3.63) is 36.0 Å². The molecule has 0 aliphatic rings. The number of benzene rings is 1. The molecule has 0 saturated carbocycles. The number of aromatic amines is 1. The Morgan fingerprint density at radius 1 is 1.39 bits per heavy atom. The lowest BCUT2D eigenvalue weighted by Gasteiger charge is -2.11. The number of carbonyl (C=O) groups excluding carboxylic acids is 1. The summed E-state index contributed by atoms with van der Waals surface area (Å²) in [6, 6.07) is 7.57. The number of fused-ring (bicyclic) bond motifs is 1. The summed E-state index contributed by atoms with van der Waals surface area (Å²) in [5.41, 5.74) is 1.75. The highest BCUT2D eigenvalue weighted by Crippen LogP contribution is 2.19. The molecule has 2 rings (SSSR count). The number of carbonyl (C=O) groups is 2. The monoisotopic (exact) mass is 247 g/mol. The van der Waals surface area contributed by atoms with Crippen molar-refractivity contribution in [2.24, 2.45) is 0 Å². The van der Waals surface area contributed by atoms with Gasteiger partial charge in [0.1, 0.15) is 0 Å². The van der Waals surface area contributed by atoms with Crippen molar-refractivity contribution >= 4 is 22.8 Å². The topological polar surface area (TPSA) is 79.4 Å². The van der Waals surface area contributed by atoms with Crippen molar-refractivity contribution in [3.63, 3.8) is 0 Å². The van der Waals surface area contributed by atoms with Crippen molar-refractivity contribution in [1.82, 2.24) is 4.98 Å². The van der Waals surface area contributed by atoms with Crippen molar-refractivity contribution < 1.29 is 19.4 Å². The highest BCUT2D eigenvalue weighted by Gasteiger charge is 2.22. The van der Waals surface area contributed by atoms with Gasteiger partial charge in [0.15, 0.2) is 0 Å². The third-order valence-electron chi connectivity index (χ3n) is 2.66. The molecule has 1 heterocycles. The number of carboxylic acid groups (broad SMARTS) is 1. The van der Waals surface area contributed by atoms with Crippen LogP contribution in [0.15, 0.2) is 30.5 Å². The second-order valence-electron chi connectivity index (χ2n) is 4.00. The van der Waals surface area contributed by atoms with Crippen LogP contribution in [0.5, 0.6) is 0 Å². The SMILES string of the molecule is CC(=O)O[C@@H](Cc1c[nH]c2ccccc12)C(=O)O. The molecule has 0 saturated heterocycles. The summed E-state index contributed by atoms with van der Waals surface area (Å²) in [6.07, 6.45) is 0.741. The zero-order valence-electron chi connectivity index (χ0n) is 9.84. The Hall–Kier alpha value is -2.30. The Bertz CT molecular complexity index is 587. The van der Waals surface area contributed by atoms with Crippen molar-refractivity contribution in [3.8, 4) is 0 Å². The minimum atomic E-state index is -1.15. The smallest absolute Gasteiger partial charge is 0.345 e. The van der Waals surface area contributed by atoms with E-state index in [0.717, 1.165) is 16.5 Å². The minimum Gasteiger partial charge on any atom is -0.478 e. The van der Waals surface area contributed by atoms with Crippen LogP contribution in [0, 0.1) is 0 Å². The first-order chi connectivity index (χ1) is 8.58. The van der Waals surface area contributed by atoms with Crippen LogP contribution < -0.4 is 0 Å². The van der Waals surface area contributed by atoms with E-state index in [1.165, 1.54) is 6.92 Å². The highest BCUT2D eigenvalue weighted by molar-refractivity contribution is 5.84. The van der Waals surface area contributed by atoms with Crippen LogP contribution in [0.4, 0.5) is 0 Å². The average Bonchev–Trinajstić information content (AvgIpc) is 2.71. The first-order valence-corrected chi connectivity index (χ1v) is 5.53. The fraction of sp³-hybridized carbons (Fsp3) is 0.231. The zero-order chi connectivity index (χ0) is 13.1. The number of aliphatic carboxylic acids is 1. The fourth-order valence-corrected chi connectivity index (χ4v) is 1.88. The molecule has 5 heteroatoms. The summed E-state index contributed by atoms with van der Waals surface area (Å²) in [5, 5.41) is 9.95. The van der Waals surface area contributed by atoms with Gasteiger partial charge >= 0.3 is 11.9 Å². The molecule has 0 unspecified atom stereocenters. The molecular formula is C13H13NO4. The summed E-state index contributed by atoms with van der Waals surface area (Å²) in [4.78, 5) is 24.9. The van der Waals surface area contributed by atoms with Gasteiger partial charge in [0, 0.05) is 30.4 Å². The Morgan fingerprint density at radius 2 is 2.11 bits per heavy atom. The second-order valence-corrected chi connectivity index (χ2v) is 4.00. The molecular weight excluding hydrogens is 234 g/mol. The van der Waals surface area contributed by atoms with E-state index < -0.39 is 18.0 Å². The number of para-hydroxylation sites is 1. The van der Waals surface area contributed by atoms with E-state index in [-0.39, 0.29) is 6.42 Å². The van der Waals surface area contributed by atoms with Gasteiger partial charge in [-0.05, 0) is 11.6 Å². The van der Waals surface area contributed by atoms with E-state index >= 15 is 0 Å². The number of nitrogens with one attached hydrogen (secondary N) is 1. The van der Waals surface area contributed by atoms with Crippen LogP contribution in [0.3, 0.4) is 0 Å². The van der Waals surface area contributed by atoms with E-state index in [1.54, 1.807) is 6.20 Å². The number of hydrogen-bond donors (Lipinski definition) is 2. The summed E-state index contributed by atoms with van der Waals surface area (Å²) < 4.78 is 4.78. The van der Waals surface area contributed by atoms with E-state index in [2.05, 4.69) is 4.98 Å². The summed E-state index contributed by atoms with van der Waals surface area (Å²) in [5.74, 6) is -1.74. The third kappa shape index (κ3) is 2.51. The minimum absolute atomic E-state index is 0.152. The van der Waals surface area contributed by atoms with Gasteiger partial charge in [0.25, 0.3) is 0 Å². The first-order valence-electron chi connectivity index (χ1n) is 5.53. The quantitative estimate of drug-likeness (QED) is 0.806. The maximum Gasteiger partial charge on any atom is 0.345 e. The normalized spacial score (nSPS) is 12.3. The van der Waals surface area contributed by atoms with Crippen LogP contribution in [0.2, 0.25) is 0 Å². The molecule has 0 radical (unpaired) electrons. The van der Waals surface area contributed by atoms with Crippen molar-refractivity contribution in [1.29, 1.82) is 0 Å². The Labute approximate surface area is 103 Å². The number of esters is 1. The molecule has 1 atom stereocenters. The molecule has 1 aromatic heterocycles. The summed E-state index contributed by atoms with van der Waals surface area (Å²) in [6.45, 7) is 1.20. The van der Waals surface area contributed by atoms with Gasteiger partial charge in [-0.1, -0.05) is 18.2 Å². The van der Waals surface area contributed by atoms with Gasteiger partial charge in [-0.15, -0.1) is 0 Å². The van der Waals surface area contributed by atoms with Crippen LogP contribution in [0.1, 0.15) is 12.5 Å². The van der Waals surface area contributed by atoms with Gasteiger partial charge < -0.3 is 14.8 Å². The van der Waals surface area contributed by atoms with Crippen LogP contribution >= 0.6 is 0 Å². The first kappa shape index (κ1) is 12.2.